The lowest BCUT2D eigenvalue weighted by atomic mass is 10.1. The first-order valence-corrected chi connectivity index (χ1v) is 9.67. The number of hydrogen-bond acceptors (Lipinski definition) is 5. The molecule has 0 aliphatic carbocycles. The summed E-state index contributed by atoms with van der Waals surface area (Å²) in [5, 5.41) is 0. The van der Waals surface area contributed by atoms with E-state index < -0.39 is 0 Å². The predicted molar refractivity (Wildman–Crippen MR) is 108 cm³/mol. The highest BCUT2D eigenvalue weighted by Crippen LogP contribution is 2.32. The molecule has 29 heavy (non-hydrogen) atoms. The SMILES string of the molecule is Fc1ccccc1CN1CCOCCOc2ccccc2Oc2ncccc2C1. The first-order chi connectivity index (χ1) is 14.3. The van der Waals surface area contributed by atoms with Crippen LogP contribution >= 0.6 is 0 Å². The third-order valence-corrected chi connectivity index (χ3v) is 4.69. The van der Waals surface area contributed by atoms with E-state index >= 15 is 0 Å². The van der Waals surface area contributed by atoms with Gasteiger partial charge in [-0.2, -0.15) is 0 Å². The summed E-state index contributed by atoms with van der Waals surface area (Å²) in [6.45, 7) is 3.09. The van der Waals surface area contributed by atoms with E-state index in [9.17, 15) is 4.39 Å². The van der Waals surface area contributed by atoms with E-state index in [-0.39, 0.29) is 5.82 Å². The van der Waals surface area contributed by atoms with Gasteiger partial charge in [-0.25, -0.2) is 9.37 Å². The highest BCUT2D eigenvalue weighted by molar-refractivity contribution is 5.43. The molecule has 0 amide bonds. The second-order valence-corrected chi connectivity index (χ2v) is 6.78. The van der Waals surface area contributed by atoms with Crippen LogP contribution in [-0.2, 0) is 17.8 Å². The molecule has 0 N–H and O–H groups in total. The van der Waals surface area contributed by atoms with Crippen molar-refractivity contribution in [3.63, 3.8) is 0 Å². The van der Waals surface area contributed by atoms with Gasteiger partial charge in [-0.3, -0.25) is 4.90 Å². The van der Waals surface area contributed by atoms with E-state index in [2.05, 4.69) is 9.88 Å². The van der Waals surface area contributed by atoms with Gasteiger partial charge >= 0.3 is 0 Å². The summed E-state index contributed by atoms with van der Waals surface area (Å²) in [5.41, 5.74) is 1.56. The van der Waals surface area contributed by atoms with Crippen LogP contribution in [0, 0.1) is 5.82 Å². The molecule has 1 aromatic heterocycles. The van der Waals surface area contributed by atoms with Gasteiger partial charge in [0.2, 0.25) is 5.88 Å². The Kier molecular flexibility index (Phi) is 6.34. The highest BCUT2D eigenvalue weighted by Gasteiger charge is 2.16. The topological polar surface area (TPSA) is 43.8 Å². The second-order valence-electron chi connectivity index (χ2n) is 6.78. The fraction of sp³-hybridized carbons (Fsp3) is 0.261. The molecule has 0 saturated carbocycles. The molecule has 1 aliphatic heterocycles. The Labute approximate surface area is 169 Å². The molecule has 0 fully saturated rings. The molecule has 4 rings (SSSR count). The lowest BCUT2D eigenvalue weighted by molar-refractivity contribution is 0.0759. The Balaban J connectivity index is 1.62. The zero-order chi connectivity index (χ0) is 19.9. The molecule has 0 spiro atoms. The van der Waals surface area contributed by atoms with Crippen LogP contribution in [0.3, 0.4) is 0 Å². The molecule has 0 unspecified atom stereocenters. The van der Waals surface area contributed by atoms with Crippen molar-refractivity contribution >= 4 is 0 Å². The van der Waals surface area contributed by atoms with Gasteiger partial charge in [0.15, 0.2) is 11.5 Å². The number of para-hydroxylation sites is 2. The van der Waals surface area contributed by atoms with Crippen molar-refractivity contribution < 1.29 is 18.6 Å². The molecule has 0 radical (unpaired) electrons. The minimum absolute atomic E-state index is 0.207. The Morgan fingerprint density at radius 1 is 0.897 bits per heavy atom. The number of aromatic nitrogens is 1. The van der Waals surface area contributed by atoms with Crippen molar-refractivity contribution in [2.45, 2.75) is 13.1 Å². The monoisotopic (exact) mass is 394 g/mol. The third kappa shape index (κ3) is 5.10. The van der Waals surface area contributed by atoms with Gasteiger partial charge in [0.1, 0.15) is 12.4 Å². The van der Waals surface area contributed by atoms with Crippen LogP contribution in [-0.4, -0.2) is 36.2 Å². The summed E-state index contributed by atoms with van der Waals surface area (Å²) in [7, 11) is 0. The van der Waals surface area contributed by atoms with Crippen molar-refractivity contribution in [3.05, 3.63) is 83.8 Å². The lowest BCUT2D eigenvalue weighted by Crippen LogP contribution is -2.28. The van der Waals surface area contributed by atoms with Crippen molar-refractivity contribution in [2.75, 3.05) is 26.4 Å². The number of benzene rings is 2. The molecule has 150 valence electrons. The summed E-state index contributed by atoms with van der Waals surface area (Å²) in [6, 6.07) is 18.2. The molecule has 5 nitrogen and oxygen atoms in total. The van der Waals surface area contributed by atoms with E-state index in [0.717, 1.165) is 5.56 Å². The average molecular weight is 394 g/mol. The number of fused-ring (bicyclic) bond motifs is 2. The molecule has 0 bridgehead atoms. The highest BCUT2D eigenvalue weighted by atomic mass is 19.1. The van der Waals surface area contributed by atoms with Crippen molar-refractivity contribution in [2.24, 2.45) is 0 Å². The van der Waals surface area contributed by atoms with Gasteiger partial charge in [0.05, 0.1) is 13.2 Å². The van der Waals surface area contributed by atoms with Crippen LogP contribution < -0.4 is 9.47 Å². The summed E-state index contributed by atoms with van der Waals surface area (Å²) in [6.07, 6.45) is 1.70. The first kappa shape index (κ1) is 19.4. The van der Waals surface area contributed by atoms with Gasteiger partial charge < -0.3 is 14.2 Å². The Morgan fingerprint density at radius 3 is 2.62 bits per heavy atom. The maximum absolute atomic E-state index is 14.2. The molecule has 3 aromatic rings. The van der Waals surface area contributed by atoms with Crippen molar-refractivity contribution in [1.82, 2.24) is 9.88 Å². The van der Waals surface area contributed by atoms with Crippen LogP contribution in [0.1, 0.15) is 11.1 Å². The van der Waals surface area contributed by atoms with Crippen LogP contribution in [0.4, 0.5) is 4.39 Å². The average Bonchev–Trinajstić information content (AvgIpc) is 2.75. The van der Waals surface area contributed by atoms with Gasteiger partial charge in [0, 0.05) is 37.0 Å². The zero-order valence-electron chi connectivity index (χ0n) is 16.1. The minimum Gasteiger partial charge on any atom is -0.487 e. The first-order valence-electron chi connectivity index (χ1n) is 9.67. The fourth-order valence-corrected chi connectivity index (χ4v) is 3.22. The summed E-state index contributed by atoms with van der Waals surface area (Å²) >= 11 is 0. The standard InChI is InChI=1S/C23H23FN2O3/c24-20-8-2-1-6-18(20)16-26-12-13-27-14-15-28-21-9-3-4-10-22(21)29-23-19(17-26)7-5-11-25-23/h1-11H,12-17H2. The number of halogens is 1. The molecular formula is C23H23FN2O3. The summed E-state index contributed by atoms with van der Waals surface area (Å²) in [4.78, 5) is 6.55. The molecule has 0 saturated heterocycles. The molecule has 6 heteroatoms. The second kappa shape index (κ2) is 9.49. The number of ether oxygens (including phenoxy) is 3. The van der Waals surface area contributed by atoms with Crippen LogP contribution in [0.25, 0.3) is 0 Å². The molecule has 0 atom stereocenters. The third-order valence-electron chi connectivity index (χ3n) is 4.69. The maximum Gasteiger partial charge on any atom is 0.223 e. The van der Waals surface area contributed by atoms with E-state index in [1.807, 2.05) is 48.5 Å². The van der Waals surface area contributed by atoms with Gasteiger partial charge in [0.25, 0.3) is 0 Å². The molecular weight excluding hydrogens is 371 g/mol. The van der Waals surface area contributed by atoms with E-state index in [1.165, 1.54) is 6.07 Å². The fourth-order valence-electron chi connectivity index (χ4n) is 3.22. The van der Waals surface area contributed by atoms with Gasteiger partial charge in [-0.15, -0.1) is 0 Å². The maximum atomic E-state index is 14.2. The van der Waals surface area contributed by atoms with Crippen LogP contribution in [0.2, 0.25) is 0 Å². The largest absolute Gasteiger partial charge is 0.487 e. The molecule has 2 aromatic carbocycles. The van der Waals surface area contributed by atoms with Crippen LogP contribution in [0.5, 0.6) is 17.4 Å². The summed E-state index contributed by atoms with van der Waals surface area (Å²) < 4.78 is 31.8. The predicted octanol–water partition coefficient (Wildman–Crippen LogP) is 4.42. The number of rotatable bonds is 2. The summed E-state index contributed by atoms with van der Waals surface area (Å²) in [5.74, 6) is 1.56. The van der Waals surface area contributed by atoms with E-state index in [0.29, 0.717) is 62.4 Å². The molecule has 1 aliphatic rings. The van der Waals surface area contributed by atoms with Gasteiger partial charge in [-0.05, 0) is 24.3 Å². The number of hydrogen-bond donors (Lipinski definition) is 0. The van der Waals surface area contributed by atoms with E-state index in [1.54, 1.807) is 12.3 Å². The normalized spacial score (nSPS) is 15.5. The lowest BCUT2D eigenvalue weighted by Gasteiger charge is -2.23. The van der Waals surface area contributed by atoms with Gasteiger partial charge in [-0.1, -0.05) is 36.4 Å². The quantitative estimate of drug-likeness (QED) is 0.644. The Bertz CT molecular complexity index is 951. The molecule has 2 heterocycles. The van der Waals surface area contributed by atoms with Crippen molar-refractivity contribution in [3.8, 4) is 17.4 Å². The van der Waals surface area contributed by atoms with E-state index in [4.69, 9.17) is 14.2 Å². The Hall–Kier alpha value is -2.96. The minimum atomic E-state index is -0.207. The van der Waals surface area contributed by atoms with Crippen molar-refractivity contribution in [1.29, 1.82) is 0 Å². The zero-order valence-corrected chi connectivity index (χ0v) is 16.1. The number of nitrogens with zero attached hydrogens (tertiary/aromatic N) is 2. The number of pyridine rings is 1. The smallest absolute Gasteiger partial charge is 0.223 e. The van der Waals surface area contributed by atoms with Crippen LogP contribution in [0.15, 0.2) is 66.9 Å². The Morgan fingerprint density at radius 2 is 1.72 bits per heavy atom.